The van der Waals surface area contributed by atoms with E-state index in [0.717, 1.165) is 5.56 Å². The second-order valence-electron chi connectivity index (χ2n) is 5.39. The van der Waals surface area contributed by atoms with Gasteiger partial charge in [0.1, 0.15) is 11.6 Å². The summed E-state index contributed by atoms with van der Waals surface area (Å²) in [6, 6.07) is 13.1. The van der Waals surface area contributed by atoms with E-state index in [4.69, 9.17) is 10.00 Å². The number of carbonyl (C=O) groups excluding carboxylic acids is 2. The number of hydrogen-bond donors (Lipinski definition) is 1. The lowest BCUT2D eigenvalue weighted by molar-refractivity contribution is -0.144. The Morgan fingerprint density at radius 3 is 2.67 bits per heavy atom. The van der Waals surface area contributed by atoms with E-state index in [1.54, 1.807) is 16.9 Å². The van der Waals surface area contributed by atoms with Crippen molar-refractivity contribution in [3.63, 3.8) is 0 Å². The molecule has 1 aromatic heterocycles. The molecule has 0 spiro atoms. The van der Waals surface area contributed by atoms with Gasteiger partial charge in [-0.3, -0.25) is 9.48 Å². The minimum absolute atomic E-state index is 0.254. The fourth-order valence-electron chi connectivity index (χ4n) is 2.22. The van der Waals surface area contributed by atoms with Crippen LogP contribution in [0.1, 0.15) is 12.0 Å². The average molecular weight is 363 g/mol. The molecular weight excluding hydrogens is 346 g/mol. The SMILES string of the molecule is CNC(=O)COC(=O)/C(C#N)=C/c1cn(CCC#N)nc1-c1ccccc1. The van der Waals surface area contributed by atoms with E-state index in [9.17, 15) is 14.9 Å². The summed E-state index contributed by atoms with van der Waals surface area (Å²) in [5.41, 5.74) is 1.65. The second-order valence-corrected chi connectivity index (χ2v) is 5.39. The molecule has 0 saturated carbocycles. The maximum Gasteiger partial charge on any atom is 0.349 e. The third kappa shape index (κ3) is 5.28. The van der Waals surface area contributed by atoms with Gasteiger partial charge in [-0.1, -0.05) is 30.3 Å². The Balaban J connectivity index is 2.36. The predicted molar refractivity (Wildman–Crippen MR) is 96.5 cm³/mol. The molecule has 2 rings (SSSR count). The smallest absolute Gasteiger partial charge is 0.349 e. The molecule has 0 unspecified atom stereocenters. The van der Waals surface area contributed by atoms with Crippen LogP contribution >= 0.6 is 0 Å². The van der Waals surface area contributed by atoms with Gasteiger partial charge in [-0.2, -0.15) is 15.6 Å². The number of amides is 1. The number of aromatic nitrogens is 2. The molecule has 8 heteroatoms. The first kappa shape index (κ1) is 19.4. The van der Waals surface area contributed by atoms with Crippen LogP contribution in [0.2, 0.25) is 0 Å². The van der Waals surface area contributed by atoms with Crippen LogP contribution in [0.5, 0.6) is 0 Å². The lowest BCUT2D eigenvalue weighted by Gasteiger charge is -2.03. The number of hydrogen-bond acceptors (Lipinski definition) is 6. The Bertz CT molecular complexity index is 932. The largest absolute Gasteiger partial charge is 0.451 e. The molecule has 1 aromatic carbocycles. The first-order chi connectivity index (χ1) is 13.1. The van der Waals surface area contributed by atoms with E-state index in [0.29, 0.717) is 17.8 Å². The van der Waals surface area contributed by atoms with Crippen LogP contribution < -0.4 is 5.32 Å². The van der Waals surface area contributed by atoms with Gasteiger partial charge in [0.2, 0.25) is 0 Å². The molecule has 0 atom stereocenters. The van der Waals surface area contributed by atoms with Crippen LogP contribution in [-0.4, -0.2) is 35.3 Å². The Kier molecular flexibility index (Phi) is 6.86. The Morgan fingerprint density at radius 1 is 1.30 bits per heavy atom. The zero-order valence-electron chi connectivity index (χ0n) is 14.7. The average Bonchev–Trinajstić information content (AvgIpc) is 3.11. The Hall–Kier alpha value is -3.91. The number of likely N-dealkylation sites (N-methyl/N-ethyl adjacent to an activating group) is 1. The first-order valence-corrected chi connectivity index (χ1v) is 8.08. The minimum atomic E-state index is -0.898. The third-order valence-corrected chi connectivity index (χ3v) is 3.54. The van der Waals surface area contributed by atoms with Crippen molar-refractivity contribution in [2.24, 2.45) is 0 Å². The summed E-state index contributed by atoms with van der Waals surface area (Å²) in [4.78, 5) is 23.3. The number of carbonyl (C=O) groups is 2. The van der Waals surface area contributed by atoms with Gasteiger partial charge < -0.3 is 10.1 Å². The number of esters is 1. The fourth-order valence-corrected chi connectivity index (χ4v) is 2.22. The van der Waals surface area contributed by atoms with Gasteiger partial charge in [-0.15, -0.1) is 0 Å². The van der Waals surface area contributed by atoms with E-state index in [1.165, 1.54) is 13.1 Å². The monoisotopic (exact) mass is 363 g/mol. The van der Waals surface area contributed by atoms with Crippen LogP contribution in [0.25, 0.3) is 17.3 Å². The third-order valence-electron chi connectivity index (χ3n) is 3.54. The maximum atomic E-state index is 12.1. The quantitative estimate of drug-likeness (QED) is 0.454. The summed E-state index contributed by atoms with van der Waals surface area (Å²) in [6.45, 7) is -0.0888. The van der Waals surface area contributed by atoms with E-state index in [-0.39, 0.29) is 12.0 Å². The summed E-state index contributed by atoms with van der Waals surface area (Å²) in [6.07, 6.45) is 3.30. The van der Waals surface area contributed by atoms with Crippen molar-refractivity contribution in [3.8, 4) is 23.4 Å². The van der Waals surface area contributed by atoms with Gasteiger partial charge in [-0.05, 0) is 6.08 Å². The molecule has 0 bridgehead atoms. The number of nitrogens with zero attached hydrogens (tertiary/aromatic N) is 4. The molecule has 136 valence electrons. The van der Waals surface area contributed by atoms with Gasteiger partial charge in [0.15, 0.2) is 6.61 Å². The summed E-state index contributed by atoms with van der Waals surface area (Å²) in [5, 5.41) is 24.8. The van der Waals surface area contributed by atoms with E-state index >= 15 is 0 Å². The Labute approximate surface area is 156 Å². The van der Waals surface area contributed by atoms with Crippen molar-refractivity contribution in [2.45, 2.75) is 13.0 Å². The number of aryl methyl sites for hydroxylation is 1. The molecule has 0 aliphatic carbocycles. The number of nitriles is 2. The summed E-state index contributed by atoms with van der Waals surface area (Å²) >= 11 is 0. The highest BCUT2D eigenvalue weighted by Gasteiger charge is 2.16. The van der Waals surface area contributed by atoms with Crippen LogP contribution in [0.4, 0.5) is 0 Å². The van der Waals surface area contributed by atoms with Crippen LogP contribution in [0, 0.1) is 22.7 Å². The van der Waals surface area contributed by atoms with Crippen molar-refractivity contribution >= 4 is 18.0 Å². The molecule has 0 saturated heterocycles. The standard InChI is InChI=1S/C19H17N5O3/c1-22-17(25)13-27-19(26)15(11-21)10-16-12-24(9-5-8-20)23-18(16)14-6-3-2-4-7-14/h2-4,6-7,10,12H,5,9,13H2,1H3,(H,22,25)/b15-10+. The van der Waals surface area contributed by atoms with Gasteiger partial charge in [-0.25, -0.2) is 4.79 Å². The molecule has 1 heterocycles. The number of benzene rings is 1. The molecule has 0 aliphatic rings. The molecule has 8 nitrogen and oxygen atoms in total. The number of rotatable bonds is 7. The normalized spacial score (nSPS) is 10.6. The molecule has 2 aromatic rings. The van der Waals surface area contributed by atoms with Crippen molar-refractivity contribution in [1.29, 1.82) is 10.5 Å². The maximum absolute atomic E-state index is 12.1. The molecule has 27 heavy (non-hydrogen) atoms. The predicted octanol–water partition coefficient (Wildman–Crippen LogP) is 1.66. The van der Waals surface area contributed by atoms with Gasteiger partial charge >= 0.3 is 5.97 Å². The highest BCUT2D eigenvalue weighted by atomic mass is 16.5. The highest BCUT2D eigenvalue weighted by molar-refractivity contribution is 5.99. The number of ether oxygens (including phenoxy) is 1. The van der Waals surface area contributed by atoms with Crippen LogP contribution in [0.15, 0.2) is 42.1 Å². The minimum Gasteiger partial charge on any atom is -0.451 e. The van der Waals surface area contributed by atoms with Crippen molar-refractivity contribution in [1.82, 2.24) is 15.1 Å². The fraction of sp³-hybridized carbons (Fsp3) is 0.211. The van der Waals surface area contributed by atoms with Crippen LogP contribution in [-0.2, 0) is 20.9 Å². The highest BCUT2D eigenvalue weighted by Crippen LogP contribution is 2.24. The van der Waals surface area contributed by atoms with E-state index in [2.05, 4.69) is 10.4 Å². The first-order valence-electron chi connectivity index (χ1n) is 8.08. The van der Waals surface area contributed by atoms with E-state index < -0.39 is 18.5 Å². The molecule has 1 N–H and O–H groups in total. The summed E-state index contributed by atoms with van der Waals surface area (Å²) in [7, 11) is 1.42. The Morgan fingerprint density at radius 2 is 2.04 bits per heavy atom. The van der Waals surface area contributed by atoms with Crippen LogP contribution in [0.3, 0.4) is 0 Å². The topological polar surface area (TPSA) is 121 Å². The lowest BCUT2D eigenvalue weighted by atomic mass is 10.1. The molecular formula is C19H17N5O3. The second kappa shape index (κ2) is 9.54. The van der Waals surface area contributed by atoms with E-state index in [1.807, 2.05) is 36.4 Å². The lowest BCUT2D eigenvalue weighted by Crippen LogP contribution is -2.25. The van der Waals surface area contributed by atoms with Gasteiger partial charge in [0.25, 0.3) is 5.91 Å². The molecule has 0 aliphatic heterocycles. The summed E-state index contributed by atoms with van der Waals surface area (Å²) in [5.74, 6) is -1.38. The zero-order valence-corrected chi connectivity index (χ0v) is 14.7. The zero-order chi connectivity index (χ0) is 19.6. The summed E-state index contributed by atoms with van der Waals surface area (Å²) < 4.78 is 6.41. The van der Waals surface area contributed by atoms with Gasteiger partial charge in [0.05, 0.1) is 24.7 Å². The number of nitrogens with one attached hydrogen (secondary N) is 1. The molecule has 0 radical (unpaired) electrons. The molecule has 0 fully saturated rings. The van der Waals surface area contributed by atoms with Crippen molar-refractivity contribution in [2.75, 3.05) is 13.7 Å². The van der Waals surface area contributed by atoms with Gasteiger partial charge in [0, 0.05) is 24.4 Å². The molecule has 1 amide bonds. The van der Waals surface area contributed by atoms with Crippen molar-refractivity contribution < 1.29 is 14.3 Å². The van der Waals surface area contributed by atoms with Crippen molar-refractivity contribution in [3.05, 3.63) is 47.7 Å².